The summed E-state index contributed by atoms with van der Waals surface area (Å²) in [6.07, 6.45) is 0. The van der Waals surface area contributed by atoms with Crippen molar-refractivity contribution in [2.24, 2.45) is 0 Å². The van der Waals surface area contributed by atoms with Crippen LogP contribution in [-0.4, -0.2) is 8.80 Å². The van der Waals surface area contributed by atoms with Gasteiger partial charge in [0.15, 0.2) is 0 Å². The molecular weight excluding hydrogens is 228 g/mol. The predicted molar refractivity (Wildman–Crippen MR) is 55.3 cm³/mol. The van der Waals surface area contributed by atoms with Crippen LogP contribution in [0, 0.1) is 0 Å². The Bertz CT molecular complexity index is 800. The number of fused-ring (bicyclic) bond motifs is 10. The van der Waals surface area contributed by atoms with Crippen molar-refractivity contribution >= 4 is 8.80 Å². The van der Waals surface area contributed by atoms with Gasteiger partial charge in [-0.25, -0.2) is 0 Å². The van der Waals surface area contributed by atoms with Gasteiger partial charge in [-0.3, -0.25) is 0 Å². The number of hydrogen-bond acceptors (Lipinski definition) is 0. The Morgan fingerprint density at radius 2 is 1.21 bits per heavy atom. The minimum atomic E-state index is -2.53. The van der Waals surface area contributed by atoms with Crippen molar-refractivity contribution < 1.29 is 6.51 Å². The molecule has 10 aliphatic heterocycles. The minimum absolute atomic E-state index is 0.265. The van der Waals surface area contributed by atoms with Gasteiger partial charge in [0, 0.05) is 0 Å². The first-order valence-electron chi connectivity index (χ1n) is 6.70. The van der Waals surface area contributed by atoms with Crippen molar-refractivity contribution in [3.63, 3.8) is 0 Å². The average Bonchev–Trinajstić information content (AvgIpc) is 3.13. The molecule has 76 valence electrons. The Hall–Kier alpha value is 0.736. The first kappa shape index (κ1) is 4.94. The third-order valence-electron chi connectivity index (χ3n) is 15.7. The zero-order valence-corrected chi connectivity index (χ0v) is 10.9. The first-order valence-corrected chi connectivity index (χ1v) is 15.9. The SMILES string of the molecule is C[SiH](C)[C]12[CH]3[CH]4[CH]5[CH]1[Fe]45321678[CH]2[CH]1[CH]6[CH]7[CH]28. The van der Waals surface area contributed by atoms with Crippen LogP contribution in [0.3, 0.4) is 0 Å². The molecule has 0 nitrogen and oxygen atoms in total. The van der Waals surface area contributed by atoms with E-state index in [0.717, 1.165) is 0 Å². The van der Waals surface area contributed by atoms with Crippen LogP contribution in [-0.2, 0) is 6.51 Å². The van der Waals surface area contributed by atoms with E-state index in [0.29, 0.717) is 0 Å². The summed E-state index contributed by atoms with van der Waals surface area (Å²) in [7, 11) is -0.265. The van der Waals surface area contributed by atoms with Gasteiger partial charge in [-0.15, -0.1) is 0 Å². The molecule has 0 aromatic heterocycles. The van der Waals surface area contributed by atoms with Crippen LogP contribution < -0.4 is 0 Å². The third-order valence-corrected chi connectivity index (χ3v) is 67.4. The quantitative estimate of drug-likeness (QED) is 0.616. The van der Waals surface area contributed by atoms with Gasteiger partial charge in [0.1, 0.15) is 0 Å². The van der Waals surface area contributed by atoms with Crippen molar-refractivity contribution in [3.05, 3.63) is 0 Å². The van der Waals surface area contributed by atoms with Gasteiger partial charge in [0.2, 0.25) is 0 Å². The molecule has 10 rings (SSSR count). The molecule has 0 saturated carbocycles. The van der Waals surface area contributed by atoms with E-state index in [-0.39, 0.29) is 8.80 Å². The molecule has 10 saturated heterocycles. The van der Waals surface area contributed by atoms with E-state index in [1.807, 2.05) is 0 Å². The van der Waals surface area contributed by atoms with Crippen LogP contribution in [0.1, 0.15) is 0 Å². The molecule has 10 heterocycles. The summed E-state index contributed by atoms with van der Waals surface area (Å²) >= 11 is 0. The topological polar surface area (TPSA) is 0 Å². The maximum atomic E-state index is 2.77. The molecule has 0 amide bonds. The molecule has 10 aliphatic rings. The van der Waals surface area contributed by atoms with Crippen molar-refractivity contribution in [3.8, 4) is 0 Å². The van der Waals surface area contributed by atoms with E-state index in [4.69, 9.17) is 0 Å². The third kappa shape index (κ3) is 0.0363. The fourth-order valence-corrected chi connectivity index (χ4v) is 116. The summed E-state index contributed by atoms with van der Waals surface area (Å²) < 4.78 is 1.33. The molecule has 14 heavy (non-hydrogen) atoms. The molecule has 1 spiro atoms. The fourth-order valence-electron chi connectivity index (χ4n) is 18.0. The maximum absolute atomic E-state index is 2.77. The van der Waals surface area contributed by atoms with Crippen LogP contribution in [0.2, 0.25) is 60.4 Å². The Morgan fingerprint density at radius 1 is 0.786 bits per heavy atom. The van der Waals surface area contributed by atoms with E-state index in [1.165, 1.54) is 3.94 Å². The molecular formula is C12H16FeSi. The summed E-state index contributed by atoms with van der Waals surface area (Å²) in [5, 5.41) is 0. The van der Waals surface area contributed by atoms with Crippen LogP contribution >= 0.6 is 0 Å². The van der Waals surface area contributed by atoms with Gasteiger partial charge in [-0.2, -0.15) is 0 Å². The monoisotopic (exact) mass is 244 g/mol. The Labute approximate surface area is 75.7 Å². The second-order valence-corrected chi connectivity index (χ2v) is 38.3. The molecule has 0 N–H and O–H groups in total. The number of hydrogen-bond donors (Lipinski definition) is 0. The molecule has 2 heteroatoms. The molecule has 0 aliphatic carbocycles. The standard InChI is InChI=1S/C7H11Si.C5H5.Fe/c1-8(2)7-5-3-4-6-7;1-2-4-5-3-1;/h3-6,8H,1-2H3;1-5H;. The summed E-state index contributed by atoms with van der Waals surface area (Å²) in [6.45, 7) is 3.00. The molecule has 10 fully saturated rings. The molecule has 0 radical (unpaired) electrons. The molecule has 0 aromatic carbocycles. The van der Waals surface area contributed by atoms with Crippen molar-refractivity contribution in [1.82, 2.24) is 0 Å². The van der Waals surface area contributed by atoms with E-state index in [1.54, 1.807) is 43.3 Å². The molecule has 0 aromatic rings. The van der Waals surface area contributed by atoms with Gasteiger partial charge in [0.05, 0.1) is 0 Å². The van der Waals surface area contributed by atoms with Gasteiger partial charge >= 0.3 is 75.7 Å². The van der Waals surface area contributed by atoms with Gasteiger partial charge < -0.3 is 0 Å². The van der Waals surface area contributed by atoms with Gasteiger partial charge in [0.25, 0.3) is 0 Å². The van der Waals surface area contributed by atoms with Crippen LogP contribution in [0.15, 0.2) is 0 Å². The zero-order valence-electron chi connectivity index (χ0n) is 8.63. The van der Waals surface area contributed by atoms with E-state index in [2.05, 4.69) is 13.1 Å². The summed E-state index contributed by atoms with van der Waals surface area (Å²) in [5.41, 5.74) is 0. The van der Waals surface area contributed by atoms with E-state index in [9.17, 15) is 0 Å². The molecule has 0 bridgehead atoms. The second-order valence-electron chi connectivity index (χ2n) is 10.9. The Morgan fingerprint density at radius 3 is 1.29 bits per heavy atom. The summed E-state index contributed by atoms with van der Waals surface area (Å²) in [5.74, 6) is 0. The van der Waals surface area contributed by atoms with Crippen molar-refractivity contribution in [1.29, 1.82) is 0 Å². The normalized spacial score (nSPS) is 143. The van der Waals surface area contributed by atoms with E-state index < -0.39 is 6.51 Å². The average molecular weight is 244 g/mol. The van der Waals surface area contributed by atoms with Crippen LogP contribution in [0.5, 0.6) is 0 Å². The van der Waals surface area contributed by atoms with Crippen LogP contribution in [0.4, 0.5) is 0 Å². The van der Waals surface area contributed by atoms with Crippen molar-refractivity contribution in [2.45, 2.75) is 60.4 Å². The zero-order chi connectivity index (χ0) is 8.59. The van der Waals surface area contributed by atoms with Gasteiger partial charge in [-0.05, 0) is 0 Å². The second kappa shape index (κ2) is 0.334. The summed E-state index contributed by atoms with van der Waals surface area (Å²) in [4.78, 5) is 14.3. The van der Waals surface area contributed by atoms with Gasteiger partial charge in [-0.1, -0.05) is 0 Å². The van der Waals surface area contributed by atoms with Crippen molar-refractivity contribution in [2.75, 3.05) is 0 Å². The van der Waals surface area contributed by atoms with Crippen LogP contribution in [0.25, 0.3) is 0 Å². The first-order chi connectivity index (χ1) is 6.49. The summed E-state index contributed by atoms with van der Waals surface area (Å²) in [6, 6.07) is 0. The fraction of sp³-hybridized carbons (Fsp3) is 1.00. The molecule has 4 atom stereocenters. The van der Waals surface area contributed by atoms with E-state index >= 15 is 0 Å². The Balaban J connectivity index is 1.94. The predicted octanol–water partition coefficient (Wildman–Crippen LogP) is 3.77. The number of rotatable bonds is 1. The molecule has 4 unspecified atom stereocenters. The Kier molecular flexibility index (Phi) is 0.118.